The van der Waals surface area contributed by atoms with E-state index >= 15 is 0 Å². The van der Waals surface area contributed by atoms with Crippen LogP contribution < -0.4 is 0 Å². The van der Waals surface area contributed by atoms with Crippen LogP contribution in [0.1, 0.15) is 46.3 Å². The highest BCUT2D eigenvalue weighted by molar-refractivity contribution is 7.89. The van der Waals surface area contributed by atoms with Crippen LogP contribution in [0.5, 0.6) is 0 Å². The van der Waals surface area contributed by atoms with Crippen LogP contribution in [0.4, 0.5) is 0 Å². The summed E-state index contributed by atoms with van der Waals surface area (Å²) in [6.07, 6.45) is 4.18. The van der Waals surface area contributed by atoms with E-state index in [0.29, 0.717) is 37.8 Å². The Labute approximate surface area is 197 Å². The van der Waals surface area contributed by atoms with Gasteiger partial charge in [0.1, 0.15) is 0 Å². The Morgan fingerprint density at radius 3 is 2.30 bits per heavy atom. The monoisotopic (exact) mass is 470 g/mol. The van der Waals surface area contributed by atoms with Crippen molar-refractivity contribution < 1.29 is 17.9 Å². The highest BCUT2D eigenvalue weighted by Gasteiger charge is 2.29. The van der Waals surface area contributed by atoms with Crippen LogP contribution in [0.15, 0.2) is 47.4 Å². The molecule has 2 aliphatic heterocycles. The lowest BCUT2D eigenvalue weighted by atomic mass is 9.90. The smallest absolute Gasteiger partial charge is 0.254 e. The number of amides is 1. The van der Waals surface area contributed by atoms with Gasteiger partial charge in [-0.2, -0.15) is 4.31 Å². The predicted octanol–water partition coefficient (Wildman–Crippen LogP) is 3.81. The fourth-order valence-electron chi connectivity index (χ4n) is 4.65. The van der Waals surface area contributed by atoms with Crippen molar-refractivity contribution in [3.05, 3.63) is 64.7 Å². The first-order valence-electron chi connectivity index (χ1n) is 11.9. The largest absolute Gasteiger partial charge is 0.379 e. The van der Waals surface area contributed by atoms with Crippen molar-refractivity contribution in [3.63, 3.8) is 0 Å². The molecule has 7 heteroatoms. The zero-order valence-corrected chi connectivity index (χ0v) is 20.4. The Kier molecular flexibility index (Phi) is 7.51. The molecule has 2 aromatic rings. The summed E-state index contributed by atoms with van der Waals surface area (Å²) in [5.41, 5.74) is 3.94. The van der Waals surface area contributed by atoms with Gasteiger partial charge in [0, 0.05) is 31.7 Å². The fraction of sp³-hybridized carbons (Fsp3) is 0.500. The van der Waals surface area contributed by atoms with Crippen molar-refractivity contribution in [2.24, 2.45) is 5.92 Å². The summed E-state index contributed by atoms with van der Waals surface area (Å²) < 4.78 is 32.8. The number of carbonyl (C=O) groups excluding carboxylic acids is 1. The van der Waals surface area contributed by atoms with Gasteiger partial charge in [0.2, 0.25) is 10.0 Å². The van der Waals surface area contributed by atoms with E-state index in [1.807, 2.05) is 11.8 Å². The number of rotatable bonds is 6. The van der Waals surface area contributed by atoms with E-state index in [9.17, 15) is 13.2 Å². The van der Waals surface area contributed by atoms with Crippen molar-refractivity contribution in [2.75, 3.05) is 39.4 Å². The highest BCUT2D eigenvalue weighted by atomic mass is 32.2. The number of ether oxygens (including phenoxy) is 1. The van der Waals surface area contributed by atoms with Gasteiger partial charge < -0.3 is 9.64 Å². The van der Waals surface area contributed by atoms with Gasteiger partial charge >= 0.3 is 0 Å². The molecule has 2 aliphatic rings. The van der Waals surface area contributed by atoms with Crippen molar-refractivity contribution in [1.29, 1.82) is 0 Å². The molecule has 6 nitrogen and oxygen atoms in total. The zero-order chi connectivity index (χ0) is 23.4. The van der Waals surface area contributed by atoms with Gasteiger partial charge in [-0.3, -0.25) is 4.79 Å². The van der Waals surface area contributed by atoms with Crippen molar-refractivity contribution >= 4 is 15.9 Å². The summed E-state index contributed by atoms with van der Waals surface area (Å²) in [6, 6.07) is 13.6. The lowest BCUT2D eigenvalue weighted by Gasteiger charge is -2.32. The first-order chi connectivity index (χ1) is 15.8. The third-order valence-corrected chi connectivity index (χ3v) is 8.81. The standard InChI is InChI=1S/C26H34N2O4S/c1-20-3-6-22(7-4-20)8-9-23-11-13-27(14-12-23)26(29)25-19-24(10-5-21(25)2)33(30,31)28-15-17-32-18-16-28/h3-7,10,19,23H,8-9,11-18H2,1-2H3. The van der Waals surface area contributed by atoms with E-state index in [1.165, 1.54) is 15.4 Å². The van der Waals surface area contributed by atoms with E-state index in [-0.39, 0.29) is 10.8 Å². The van der Waals surface area contributed by atoms with E-state index in [0.717, 1.165) is 44.3 Å². The Bertz CT molecular complexity index is 1070. The average Bonchev–Trinajstić information content (AvgIpc) is 2.84. The fourth-order valence-corrected chi connectivity index (χ4v) is 6.08. The van der Waals surface area contributed by atoms with Crippen LogP contribution in [0, 0.1) is 19.8 Å². The van der Waals surface area contributed by atoms with Crippen LogP contribution >= 0.6 is 0 Å². The molecule has 0 radical (unpaired) electrons. The number of sulfonamides is 1. The van der Waals surface area contributed by atoms with Gasteiger partial charge in [-0.1, -0.05) is 35.9 Å². The molecule has 0 unspecified atom stereocenters. The zero-order valence-electron chi connectivity index (χ0n) is 19.6. The van der Waals surface area contributed by atoms with Gasteiger partial charge in [-0.25, -0.2) is 8.42 Å². The molecule has 0 atom stereocenters. The van der Waals surface area contributed by atoms with Gasteiger partial charge in [-0.05, 0) is 68.7 Å². The number of morpholine rings is 1. The summed E-state index contributed by atoms with van der Waals surface area (Å²) in [4.78, 5) is 15.4. The van der Waals surface area contributed by atoms with Crippen LogP contribution in [-0.4, -0.2) is 62.9 Å². The molecule has 2 heterocycles. The molecule has 4 rings (SSSR count). The third-order valence-electron chi connectivity index (χ3n) is 6.91. The van der Waals surface area contributed by atoms with E-state index in [4.69, 9.17) is 4.74 Å². The number of piperidine rings is 1. The molecule has 2 fully saturated rings. The molecular formula is C26H34N2O4S. The SMILES string of the molecule is Cc1ccc(CCC2CCN(C(=O)c3cc(S(=O)(=O)N4CCOCC4)ccc3C)CC2)cc1. The molecule has 1 amide bonds. The first kappa shape index (κ1) is 23.9. The molecule has 0 aromatic heterocycles. The number of likely N-dealkylation sites (tertiary alicyclic amines) is 1. The molecule has 2 aromatic carbocycles. The molecule has 0 N–H and O–H groups in total. The van der Waals surface area contributed by atoms with Gasteiger partial charge in [-0.15, -0.1) is 0 Å². The van der Waals surface area contributed by atoms with Crippen LogP contribution in [0.2, 0.25) is 0 Å². The molecule has 33 heavy (non-hydrogen) atoms. The number of benzene rings is 2. The van der Waals surface area contributed by atoms with Crippen molar-refractivity contribution in [2.45, 2.75) is 44.4 Å². The maximum absolute atomic E-state index is 13.3. The Morgan fingerprint density at radius 2 is 1.64 bits per heavy atom. The second kappa shape index (κ2) is 10.4. The predicted molar refractivity (Wildman–Crippen MR) is 129 cm³/mol. The normalized spacial score (nSPS) is 18.4. The number of carbonyl (C=O) groups is 1. The van der Waals surface area contributed by atoms with Crippen LogP contribution in [-0.2, 0) is 21.2 Å². The van der Waals surface area contributed by atoms with Crippen LogP contribution in [0.3, 0.4) is 0 Å². The van der Waals surface area contributed by atoms with E-state index in [2.05, 4.69) is 31.2 Å². The molecule has 2 saturated heterocycles. The summed E-state index contributed by atoms with van der Waals surface area (Å²) in [5, 5.41) is 0. The van der Waals surface area contributed by atoms with Gasteiger partial charge in [0.25, 0.3) is 5.91 Å². The molecule has 178 valence electrons. The molecular weight excluding hydrogens is 436 g/mol. The average molecular weight is 471 g/mol. The molecule has 0 aliphatic carbocycles. The number of nitrogens with zero attached hydrogens (tertiary/aromatic N) is 2. The van der Waals surface area contributed by atoms with E-state index < -0.39 is 10.0 Å². The summed E-state index contributed by atoms with van der Waals surface area (Å²) in [5.74, 6) is 0.549. The number of hydrogen-bond acceptors (Lipinski definition) is 4. The minimum absolute atomic E-state index is 0.0662. The van der Waals surface area contributed by atoms with Gasteiger partial charge in [0.05, 0.1) is 18.1 Å². The maximum atomic E-state index is 13.3. The summed E-state index contributed by atoms with van der Waals surface area (Å²) in [7, 11) is -3.63. The summed E-state index contributed by atoms with van der Waals surface area (Å²) >= 11 is 0. The Morgan fingerprint density at radius 1 is 0.970 bits per heavy atom. The van der Waals surface area contributed by atoms with Gasteiger partial charge in [0.15, 0.2) is 0 Å². The Balaban J connectivity index is 1.38. The number of hydrogen-bond donors (Lipinski definition) is 0. The van der Waals surface area contributed by atoms with E-state index in [1.54, 1.807) is 18.2 Å². The lowest BCUT2D eigenvalue weighted by Crippen LogP contribution is -2.41. The second-order valence-electron chi connectivity index (χ2n) is 9.25. The topological polar surface area (TPSA) is 66.9 Å². The summed E-state index contributed by atoms with van der Waals surface area (Å²) in [6.45, 7) is 6.89. The molecule has 0 saturated carbocycles. The minimum atomic E-state index is -3.63. The molecule has 0 spiro atoms. The second-order valence-corrected chi connectivity index (χ2v) is 11.2. The lowest BCUT2D eigenvalue weighted by molar-refractivity contribution is 0.0685. The first-order valence-corrected chi connectivity index (χ1v) is 13.3. The highest BCUT2D eigenvalue weighted by Crippen LogP contribution is 2.26. The van der Waals surface area contributed by atoms with Crippen LogP contribution in [0.25, 0.3) is 0 Å². The van der Waals surface area contributed by atoms with Crippen molar-refractivity contribution in [1.82, 2.24) is 9.21 Å². The quantitative estimate of drug-likeness (QED) is 0.644. The van der Waals surface area contributed by atoms with Crippen molar-refractivity contribution in [3.8, 4) is 0 Å². The number of aryl methyl sites for hydroxylation is 3. The Hall–Kier alpha value is -2.22. The molecule has 0 bridgehead atoms. The third kappa shape index (κ3) is 5.65. The maximum Gasteiger partial charge on any atom is 0.254 e. The minimum Gasteiger partial charge on any atom is -0.379 e.